The number of aromatic nitrogens is 2. The number of rotatable bonds is 5. The van der Waals surface area contributed by atoms with Crippen molar-refractivity contribution in [3.05, 3.63) is 30.1 Å². The van der Waals surface area contributed by atoms with Crippen molar-refractivity contribution in [1.82, 2.24) is 14.5 Å². The van der Waals surface area contributed by atoms with Crippen LogP contribution in [0.4, 0.5) is 0 Å². The van der Waals surface area contributed by atoms with Gasteiger partial charge in [-0.15, -0.1) is 0 Å². The van der Waals surface area contributed by atoms with E-state index in [4.69, 9.17) is 0 Å². The van der Waals surface area contributed by atoms with Crippen LogP contribution in [0.3, 0.4) is 0 Å². The highest BCUT2D eigenvalue weighted by molar-refractivity contribution is 7.89. The van der Waals surface area contributed by atoms with Crippen molar-refractivity contribution in [2.24, 2.45) is 5.92 Å². The summed E-state index contributed by atoms with van der Waals surface area (Å²) in [4.78, 5) is 19.2. The van der Waals surface area contributed by atoms with Gasteiger partial charge in [0.25, 0.3) is 0 Å². The molecule has 1 aromatic heterocycles. The van der Waals surface area contributed by atoms with Crippen LogP contribution in [-0.2, 0) is 26.9 Å². The van der Waals surface area contributed by atoms with E-state index in [1.807, 2.05) is 36.2 Å². The summed E-state index contributed by atoms with van der Waals surface area (Å²) in [6.45, 7) is 2.38. The zero-order valence-electron chi connectivity index (χ0n) is 15.7. The van der Waals surface area contributed by atoms with Gasteiger partial charge in [-0.25, -0.2) is 13.4 Å². The summed E-state index contributed by atoms with van der Waals surface area (Å²) in [5.74, 6) is 0.989. The van der Waals surface area contributed by atoms with E-state index in [2.05, 4.69) is 11.9 Å². The SMILES string of the molecule is CC1CCC(N(C)C(=O)Cn2c(CS(C)(=O)=O)nc3ccccc32)CC1. The van der Waals surface area contributed by atoms with Crippen LogP contribution in [0.25, 0.3) is 11.0 Å². The fourth-order valence-corrected chi connectivity index (χ4v) is 4.42. The molecule has 1 saturated carbocycles. The number of benzene rings is 1. The maximum Gasteiger partial charge on any atom is 0.242 e. The Labute approximate surface area is 155 Å². The Kier molecular flexibility index (Phi) is 5.37. The van der Waals surface area contributed by atoms with Crippen LogP contribution in [0.5, 0.6) is 0 Å². The quantitative estimate of drug-likeness (QED) is 0.803. The van der Waals surface area contributed by atoms with Crippen LogP contribution >= 0.6 is 0 Å². The summed E-state index contributed by atoms with van der Waals surface area (Å²) in [6.07, 6.45) is 5.55. The third kappa shape index (κ3) is 4.26. The maximum atomic E-state index is 12.9. The van der Waals surface area contributed by atoms with Crippen LogP contribution in [0.15, 0.2) is 24.3 Å². The molecule has 7 heteroatoms. The standard InChI is InChI=1S/C19H27N3O3S/c1-14-8-10-15(11-9-14)21(2)19(23)12-22-17-7-5-4-6-16(17)20-18(22)13-26(3,24)25/h4-7,14-15H,8-13H2,1-3H3. The van der Waals surface area contributed by atoms with E-state index < -0.39 is 9.84 Å². The summed E-state index contributed by atoms with van der Waals surface area (Å²) < 4.78 is 25.3. The van der Waals surface area contributed by atoms with Gasteiger partial charge < -0.3 is 9.47 Å². The number of fused-ring (bicyclic) bond motifs is 1. The molecule has 0 N–H and O–H groups in total. The van der Waals surface area contributed by atoms with E-state index in [1.165, 1.54) is 6.26 Å². The van der Waals surface area contributed by atoms with Gasteiger partial charge in [-0.2, -0.15) is 0 Å². The lowest BCUT2D eigenvalue weighted by Gasteiger charge is -2.33. The van der Waals surface area contributed by atoms with Gasteiger partial charge in [-0.3, -0.25) is 4.79 Å². The molecule has 0 radical (unpaired) electrons. The molecule has 1 aliphatic rings. The fraction of sp³-hybridized carbons (Fsp3) is 0.579. The lowest BCUT2D eigenvalue weighted by molar-refractivity contribution is -0.133. The van der Waals surface area contributed by atoms with Gasteiger partial charge in [0, 0.05) is 19.3 Å². The van der Waals surface area contributed by atoms with Crippen molar-refractivity contribution >= 4 is 26.8 Å². The topological polar surface area (TPSA) is 72.3 Å². The third-order valence-electron chi connectivity index (χ3n) is 5.34. The predicted molar refractivity (Wildman–Crippen MR) is 102 cm³/mol. The second-order valence-corrected chi connectivity index (χ2v) is 9.73. The number of hydrogen-bond donors (Lipinski definition) is 0. The zero-order chi connectivity index (χ0) is 18.9. The van der Waals surface area contributed by atoms with Crippen molar-refractivity contribution in [1.29, 1.82) is 0 Å². The monoisotopic (exact) mass is 377 g/mol. The van der Waals surface area contributed by atoms with Gasteiger partial charge in [-0.05, 0) is 43.7 Å². The maximum absolute atomic E-state index is 12.9. The lowest BCUT2D eigenvalue weighted by Crippen LogP contribution is -2.41. The highest BCUT2D eigenvalue weighted by Crippen LogP contribution is 2.27. The number of nitrogens with zero attached hydrogens (tertiary/aromatic N) is 3. The van der Waals surface area contributed by atoms with Gasteiger partial charge in [0.1, 0.15) is 18.1 Å². The number of carbonyl (C=O) groups is 1. The molecule has 0 bridgehead atoms. The smallest absolute Gasteiger partial charge is 0.242 e. The molecule has 0 saturated heterocycles. The Bertz CT molecular complexity index is 896. The number of carbonyl (C=O) groups excluding carboxylic acids is 1. The number of imidazole rings is 1. The van der Waals surface area contributed by atoms with E-state index in [0.29, 0.717) is 11.3 Å². The summed E-state index contributed by atoms with van der Waals surface area (Å²) in [7, 11) is -1.38. The summed E-state index contributed by atoms with van der Waals surface area (Å²) >= 11 is 0. The molecule has 142 valence electrons. The van der Waals surface area contributed by atoms with Crippen LogP contribution in [0.1, 0.15) is 38.4 Å². The van der Waals surface area contributed by atoms with Crippen molar-refractivity contribution in [2.75, 3.05) is 13.3 Å². The van der Waals surface area contributed by atoms with Crippen molar-refractivity contribution in [3.8, 4) is 0 Å². The molecule has 26 heavy (non-hydrogen) atoms. The molecule has 1 aliphatic carbocycles. The molecular weight excluding hydrogens is 350 g/mol. The second-order valence-electron chi connectivity index (χ2n) is 7.59. The number of hydrogen-bond acceptors (Lipinski definition) is 4. The Morgan fingerprint density at radius 3 is 2.54 bits per heavy atom. The number of para-hydroxylation sites is 2. The average molecular weight is 378 g/mol. The normalized spacial score (nSPS) is 21.0. The Hall–Kier alpha value is -1.89. The van der Waals surface area contributed by atoms with E-state index in [-0.39, 0.29) is 24.2 Å². The fourth-order valence-electron chi connectivity index (χ4n) is 3.73. The average Bonchev–Trinajstić information content (AvgIpc) is 2.90. The molecule has 0 atom stereocenters. The second kappa shape index (κ2) is 7.39. The molecule has 1 heterocycles. The summed E-state index contributed by atoms with van der Waals surface area (Å²) in [6, 6.07) is 7.73. The summed E-state index contributed by atoms with van der Waals surface area (Å²) in [5, 5.41) is 0. The Morgan fingerprint density at radius 1 is 1.23 bits per heavy atom. The minimum absolute atomic E-state index is 0.00228. The molecule has 0 aliphatic heterocycles. The molecular formula is C19H27N3O3S. The van der Waals surface area contributed by atoms with Crippen molar-refractivity contribution in [3.63, 3.8) is 0 Å². The van der Waals surface area contributed by atoms with Crippen LogP contribution in [-0.4, -0.2) is 48.1 Å². The Morgan fingerprint density at radius 2 is 1.88 bits per heavy atom. The van der Waals surface area contributed by atoms with Gasteiger partial charge >= 0.3 is 0 Å². The minimum atomic E-state index is -3.24. The third-order valence-corrected chi connectivity index (χ3v) is 6.13. The number of amides is 1. The van der Waals surface area contributed by atoms with Crippen molar-refractivity contribution in [2.45, 2.75) is 50.9 Å². The first kappa shape index (κ1) is 18.9. The van der Waals surface area contributed by atoms with Gasteiger partial charge in [-0.1, -0.05) is 19.1 Å². The van der Waals surface area contributed by atoms with Crippen molar-refractivity contribution < 1.29 is 13.2 Å². The first-order valence-corrected chi connectivity index (χ1v) is 11.2. The molecule has 2 aromatic rings. The highest BCUT2D eigenvalue weighted by Gasteiger charge is 2.26. The van der Waals surface area contributed by atoms with Gasteiger partial charge in [0.2, 0.25) is 5.91 Å². The molecule has 1 fully saturated rings. The number of sulfone groups is 1. The number of likely N-dealkylation sites (N-methyl/N-ethyl adjacent to an activating group) is 1. The Balaban J connectivity index is 1.84. The highest BCUT2D eigenvalue weighted by atomic mass is 32.2. The molecule has 1 aromatic carbocycles. The summed E-state index contributed by atoms with van der Waals surface area (Å²) in [5.41, 5.74) is 1.51. The van der Waals surface area contributed by atoms with Crippen LogP contribution in [0.2, 0.25) is 0 Å². The zero-order valence-corrected chi connectivity index (χ0v) is 16.5. The van der Waals surface area contributed by atoms with E-state index in [1.54, 1.807) is 4.57 Å². The molecule has 6 nitrogen and oxygen atoms in total. The van der Waals surface area contributed by atoms with Crippen LogP contribution < -0.4 is 0 Å². The minimum Gasteiger partial charge on any atom is -0.341 e. The predicted octanol–water partition coefficient (Wildman–Crippen LogP) is 2.62. The van der Waals surface area contributed by atoms with E-state index in [9.17, 15) is 13.2 Å². The van der Waals surface area contributed by atoms with Crippen LogP contribution in [0, 0.1) is 5.92 Å². The van der Waals surface area contributed by atoms with Gasteiger partial charge in [0.05, 0.1) is 11.0 Å². The van der Waals surface area contributed by atoms with E-state index in [0.717, 1.165) is 37.1 Å². The van der Waals surface area contributed by atoms with Gasteiger partial charge in [0.15, 0.2) is 9.84 Å². The van der Waals surface area contributed by atoms with E-state index >= 15 is 0 Å². The molecule has 0 unspecified atom stereocenters. The lowest BCUT2D eigenvalue weighted by atomic mass is 9.87. The molecule has 1 amide bonds. The molecule has 3 rings (SSSR count). The first-order chi connectivity index (χ1) is 12.2. The first-order valence-electron chi connectivity index (χ1n) is 9.12. The molecule has 0 spiro atoms. The largest absolute Gasteiger partial charge is 0.341 e.